The molecule has 180 valence electrons. The number of methoxy groups -OCH3 is 1. The number of rotatable bonds is 11. The summed E-state index contributed by atoms with van der Waals surface area (Å²) in [4.78, 5) is 12.4. The molecule has 0 aromatic heterocycles. The van der Waals surface area contributed by atoms with Crippen molar-refractivity contribution in [2.45, 2.75) is 37.6 Å². The van der Waals surface area contributed by atoms with Crippen molar-refractivity contribution in [1.29, 1.82) is 0 Å². The van der Waals surface area contributed by atoms with E-state index in [0.29, 0.717) is 22.7 Å². The van der Waals surface area contributed by atoms with Crippen LogP contribution in [0.25, 0.3) is 0 Å². The summed E-state index contributed by atoms with van der Waals surface area (Å²) >= 11 is 0. The molecule has 1 atom stereocenters. The highest BCUT2D eigenvalue weighted by Crippen LogP contribution is 2.24. The number of carbonyl (C=O) groups is 1. The lowest BCUT2D eigenvalue weighted by molar-refractivity contribution is -0.123. The van der Waals surface area contributed by atoms with Crippen molar-refractivity contribution in [3.63, 3.8) is 0 Å². The van der Waals surface area contributed by atoms with Crippen LogP contribution in [0.4, 0.5) is 5.69 Å². The number of sulfonamides is 1. The Morgan fingerprint density at radius 2 is 1.71 bits per heavy atom. The molecule has 0 radical (unpaired) electrons. The van der Waals surface area contributed by atoms with Gasteiger partial charge >= 0.3 is 0 Å². The molecule has 0 aliphatic rings. The van der Waals surface area contributed by atoms with E-state index in [0.717, 1.165) is 12.8 Å². The Morgan fingerprint density at radius 1 is 1.00 bits per heavy atom. The molecule has 0 unspecified atom stereocenters. The van der Waals surface area contributed by atoms with Gasteiger partial charge in [0, 0.05) is 11.7 Å². The molecule has 0 saturated carbocycles. The number of ether oxygens (including phenoxy) is 2. The van der Waals surface area contributed by atoms with E-state index in [1.807, 2.05) is 25.1 Å². The summed E-state index contributed by atoms with van der Waals surface area (Å²) in [6, 6.07) is 21.2. The lowest BCUT2D eigenvalue weighted by atomic mass is 10.1. The van der Waals surface area contributed by atoms with Crippen LogP contribution in [0.15, 0.2) is 77.7 Å². The molecule has 0 aliphatic carbocycles. The Labute approximate surface area is 201 Å². The topological polar surface area (TPSA) is 93.7 Å². The molecular weight excluding hydrogens is 452 g/mol. The maximum Gasteiger partial charge on any atom is 0.261 e. The van der Waals surface area contributed by atoms with E-state index < -0.39 is 10.0 Å². The maximum absolute atomic E-state index is 12.7. The largest absolute Gasteiger partial charge is 0.497 e. The Kier molecular flexibility index (Phi) is 8.54. The Balaban J connectivity index is 1.52. The fourth-order valence-corrected chi connectivity index (χ4v) is 4.53. The zero-order chi connectivity index (χ0) is 24.6. The van der Waals surface area contributed by atoms with E-state index in [1.165, 1.54) is 17.7 Å². The summed E-state index contributed by atoms with van der Waals surface area (Å²) < 4.78 is 38.7. The SMILES string of the molecule is COc1ccc(NS(=O)(=O)c2ccc(OCC(=O)N[C@@H](C)CCc3ccccc3)c(C)c2)cc1. The second-order valence-electron chi connectivity index (χ2n) is 8.04. The minimum absolute atomic E-state index is 0.00829. The van der Waals surface area contributed by atoms with Gasteiger partial charge in [-0.2, -0.15) is 0 Å². The van der Waals surface area contributed by atoms with Crippen LogP contribution in [0.3, 0.4) is 0 Å². The summed E-state index contributed by atoms with van der Waals surface area (Å²) in [7, 11) is -2.23. The van der Waals surface area contributed by atoms with Crippen molar-refractivity contribution in [2.75, 3.05) is 18.4 Å². The van der Waals surface area contributed by atoms with Crippen molar-refractivity contribution in [1.82, 2.24) is 5.32 Å². The number of amides is 1. The fraction of sp³-hybridized carbons (Fsp3) is 0.269. The van der Waals surface area contributed by atoms with Crippen molar-refractivity contribution in [3.8, 4) is 11.5 Å². The highest BCUT2D eigenvalue weighted by atomic mass is 32.2. The highest BCUT2D eigenvalue weighted by molar-refractivity contribution is 7.92. The zero-order valence-corrected chi connectivity index (χ0v) is 20.4. The van der Waals surface area contributed by atoms with Crippen LogP contribution in [-0.2, 0) is 21.2 Å². The summed E-state index contributed by atoms with van der Waals surface area (Å²) in [6.45, 7) is 3.55. The highest BCUT2D eigenvalue weighted by Gasteiger charge is 2.16. The van der Waals surface area contributed by atoms with Gasteiger partial charge < -0.3 is 14.8 Å². The molecule has 0 heterocycles. The number of anilines is 1. The Hall–Kier alpha value is -3.52. The van der Waals surface area contributed by atoms with Crippen LogP contribution >= 0.6 is 0 Å². The molecule has 0 fully saturated rings. The monoisotopic (exact) mass is 482 g/mol. The van der Waals surface area contributed by atoms with Crippen LogP contribution in [-0.4, -0.2) is 34.1 Å². The van der Waals surface area contributed by atoms with Crippen molar-refractivity contribution in [3.05, 3.63) is 83.9 Å². The summed E-state index contributed by atoms with van der Waals surface area (Å²) in [5.41, 5.74) is 2.27. The molecule has 8 heteroatoms. The smallest absolute Gasteiger partial charge is 0.261 e. The molecule has 1 amide bonds. The van der Waals surface area contributed by atoms with Gasteiger partial charge in [0.15, 0.2) is 6.61 Å². The van der Waals surface area contributed by atoms with Gasteiger partial charge in [0.05, 0.1) is 12.0 Å². The molecule has 3 aromatic carbocycles. The second kappa shape index (κ2) is 11.6. The molecule has 0 aliphatic heterocycles. The summed E-state index contributed by atoms with van der Waals surface area (Å²) in [5, 5.41) is 2.93. The number of nitrogens with one attached hydrogen (secondary N) is 2. The van der Waals surface area contributed by atoms with Crippen molar-refractivity contribution >= 4 is 21.6 Å². The molecule has 34 heavy (non-hydrogen) atoms. The van der Waals surface area contributed by atoms with Crippen LogP contribution in [0.1, 0.15) is 24.5 Å². The quantitative estimate of drug-likeness (QED) is 0.425. The van der Waals surface area contributed by atoms with Gasteiger partial charge in [-0.1, -0.05) is 30.3 Å². The van der Waals surface area contributed by atoms with Crippen molar-refractivity contribution < 1.29 is 22.7 Å². The average molecular weight is 483 g/mol. The lowest BCUT2D eigenvalue weighted by Gasteiger charge is -2.15. The first kappa shape index (κ1) is 25.1. The first-order valence-electron chi connectivity index (χ1n) is 11.0. The fourth-order valence-electron chi connectivity index (χ4n) is 3.38. The summed E-state index contributed by atoms with van der Waals surface area (Å²) in [5.74, 6) is 0.864. The molecule has 0 spiro atoms. The zero-order valence-electron chi connectivity index (χ0n) is 19.6. The number of hydrogen-bond acceptors (Lipinski definition) is 5. The van der Waals surface area contributed by atoms with Crippen LogP contribution in [0.2, 0.25) is 0 Å². The van der Waals surface area contributed by atoms with Gasteiger partial charge in [-0.15, -0.1) is 0 Å². The third-order valence-electron chi connectivity index (χ3n) is 5.27. The van der Waals surface area contributed by atoms with Gasteiger partial charge in [0.2, 0.25) is 0 Å². The van der Waals surface area contributed by atoms with E-state index in [-0.39, 0.29) is 23.5 Å². The summed E-state index contributed by atoms with van der Waals surface area (Å²) in [6.07, 6.45) is 1.70. The van der Waals surface area contributed by atoms with E-state index >= 15 is 0 Å². The minimum atomic E-state index is -3.77. The molecule has 0 bridgehead atoms. The van der Waals surface area contributed by atoms with E-state index in [2.05, 4.69) is 22.2 Å². The minimum Gasteiger partial charge on any atom is -0.497 e. The maximum atomic E-state index is 12.7. The Morgan fingerprint density at radius 3 is 2.35 bits per heavy atom. The molecule has 2 N–H and O–H groups in total. The van der Waals surface area contributed by atoms with E-state index in [4.69, 9.17) is 9.47 Å². The third-order valence-corrected chi connectivity index (χ3v) is 6.65. The number of carbonyl (C=O) groups excluding carboxylic acids is 1. The van der Waals surface area contributed by atoms with E-state index in [1.54, 1.807) is 44.4 Å². The lowest BCUT2D eigenvalue weighted by Crippen LogP contribution is -2.36. The van der Waals surface area contributed by atoms with Gasteiger partial charge in [0.25, 0.3) is 15.9 Å². The molecule has 3 aromatic rings. The first-order valence-corrected chi connectivity index (χ1v) is 12.5. The molecule has 0 saturated heterocycles. The van der Waals surface area contributed by atoms with Gasteiger partial charge in [-0.3, -0.25) is 9.52 Å². The normalized spacial score (nSPS) is 12.0. The number of benzene rings is 3. The van der Waals surface area contributed by atoms with Gasteiger partial charge in [-0.05, 0) is 80.3 Å². The van der Waals surface area contributed by atoms with Crippen LogP contribution in [0.5, 0.6) is 11.5 Å². The van der Waals surface area contributed by atoms with Crippen LogP contribution in [0, 0.1) is 6.92 Å². The van der Waals surface area contributed by atoms with Crippen molar-refractivity contribution in [2.24, 2.45) is 0 Å². The molecular formula is C26H30N2O5S. The predicted octanol–water partition coefficient (Wildman–Crippen LogP) is 4.32. The van der Waals surface area contributed by atoms with Crippen LogP contribution < -0.4 is 19.5 Å². The Bertz CT molecular complexity index is 1200. The first-order chi connectivity index (χ1) is 16.3. The molecule has 3 rings (SSSR count). The number of aryl methyl sites for hydroxylation is 2. The average Bonchev–Trinajstić information content (AvgIpc) is 2.83. The van der Waals surface area contributed by atoms with Gasteiger partial charge in [0.1, 0.15) is 11.5 Å². The van der Waals surface area contributed by atoms with E-state index in [9.17, 15) is 13.2 Å². The third kappa shape index (κ3) is 7.25. The standard InChI is InChI=1S/C26H30N2O5S/c1-19-17-24(34(30,31)28-22-11-13-23(32-3)14-12-22)15-16-25(19)33-18-26(29)27-20(2)9-10-21-7-5-4-6-8-21/h4-8,11-17,20,28H,9-10,18H2,1-3H3,(H,27,29)/t20-/m0/s1. The second-order valence-corrected chi connectivity index (χ2v) is 9.73. The molecule has 7 nitrogen and oxygen atoms in total. The van der Waals surface area contributed by atoms with Gasteiger partial charge in [-0.25, -0.2) is 8.42 Å². The predicted molar refractivity (Wildman–Crippen MR) is 133 cm³/mol. The number of hydrogen-bond donors (Lipinski definition) is 2.